The highest BCUT2D eigenvalue weighted by molar-refractivity contribution is 6.30. The monoisotopic (exact) mass is 371 g/mol. The maximum absolute atomic E-state index is 12.6. The van der Waals surface area contributed by atoms with E-state index in [-0.39, 0.29) is 43.3 Å². The number of carbonyl (C=O) groups excluding carboxylic acids is 3. The number of amides is 2. The molecule has 1 aliphatic rings. The molecule has 1 heterocycles. The Hall–Kier alpha value is -2.66. The van der Waals surface area contributed by atoms with Crippen molar-refractivity contribution in [2.24, 2.45) is 0 Å². The first kappa shape index (κ1) is 18.1. The molecule has 6 heteroatoms. The van der Waals surface area contributed by atoms with Crippen LogP contribution in [-0.2, 0) is 9.53 Å². The molecule has 1 aliphatic heterocycles. The Morgan fingerprint density at radius 1 is 1.04 bits per heavy atom. The van der Waals surface area contributed by atoms with Crippen LogP contribution in [-0.4, -0.2) is 35.8 Å². The lowest BCUT2D eigenvalue weighted by Gasteiger charge is -2.22. The number of fused-ring (bicyclic) bond motifs is 1. The molecule has 0 saturated carbocycles. The number of imide groups is 1. The van der Waals surface area contributed by atoms with Gasteiger partial charge in [0.05, 0.1) is 24.2 Å². The maximum Gasteiger partial charge on any atom is 0.306 e. The molecule has 2 amide bonds. The summed E-state index contributed by atoms with van der Waals surface area (Å²) in [4.78, 5) is 38.4. The van der Waals surface area contributed by atoms with Gasteiger partial charge in [0.1, 0.15) is 0 Å². The minimum atomic E-state index is -0.371. The summed E-state index contributed by atoms with van der Waals surface area (Å²) in [6, 6.07) is 13.8. The average Bonchev–Trinajstić information content (AvgIpc) is 2.87. The standard InChI is InChI=1S/C20H18ClNO4/c1-2-26-18(23)11-14(13-7-9-15(21)10-8-13)12-22-19(24)16-5-3-4-6-17(16)20(22)25/h3-10,14H,2,11-12H2,1H3/t14-/m0/s1. The Bertz CT molecular complexity index is 812. The summed E-state index contributed by atoms with van der Waals surface area (Å²) in [5.74, 6) is -1.42. The van der Waals surface area contributed by atoms with Crippen molar-refractivity contribution in [2.75, 3.05) is 13.2 Å². The molecule has 0 spiro atoms. The maximum atomic E-state index is 12.6. The second-order valence-corrected chi connectivity index (χ2v) is 6.46. The van der Waals surface area contributed by atoms with E-state index in [4.69, 9.17) is 16.3 Å². The molecular formula is C20H18ClNO4. The number of benzene rings is 2. The number of halogens is 1. The third-order valence-electron chi connectivity index (χ3n) is 4.34. The number of rotatable bonds is 6. The van der Waals surface area contributed by atoms with E-state index in [1.807, 2.05) is 0 Å². The van der Waals surface area contributed by atoms with Crippen molar-refractivity contribution in [1.82, 2.24) is 4.90 Å². The normalized spacial score (nSPS) is 14.3. The average molecular weight is 372 g/mol. The van der Waals surface area contributed by atoms with Gasteiger partial charge in [-0.25, -0.2) is 0 Å². The highest BCUT2D eigenvalue weighted by Gasteiger charge is 2.37. The van der Waals surface area contributed by atoms with E-state index in [1.165, 1.54) is 4.90 Å². The van der Waals surface area contributed by atoms with E-state index in [0.29, 0.717) is 16.1 Å². The largest absolute Gasteiger partial charge is 0.466 e. The van der Waals surface area contributed by atoms with Crippen LogP contribution in [0.1, 0.15) is 45.5 Å². The summed E-state index contributed by atoms with van der Waals surface area (Å²) in [6.45, 7) is 2.12. The van der Waals surface area contributed by atoms with Gasteiger partial charge in [-0.15, -0.1) is 0 Å². The van der Waals surface area contributed by atoms with Crippen molar-refractivity contribution < 1.29 is 19.1 Å². The van der Waals surface area contributed by atoms with Crippen LogP contribution in [0.5, 0.6) is 0 Å². The lowest BCUT2D eigenvalue weighted by molar-refractivity contribution is -0.143. The Kier molecular flexibility index (Phi) is 5.38. The quantitative estimate of drug-likeness (QED) is 0.574. The number of hydrogen-bond acceptors (Lipinski definition) is 4. The highest BCUT2D eigenvalue weighted by Crippen LogP contribution is 2.28. The van der Waals surface area contributed by atoms with Gasteiger partial charge in [-0.05, 0) is 36.8 Å². The molecule has 0 N–H and O–H groups in total. The first-order valence-corrected chi connectivity index (χ1v) is 8.75. The summed E-state index contributed by atoms with van der Waals surface area (Å²) in [6.07, 6.45) is 0.0723. The zero-order valence-corrected chi connectivity index (χ0v) is 15.0. The van der Waals surface area contributed by atoms with Crippen molar-refractivity contribution in [2.45, 2.75) is 19.3 Å². The van der Waals surface area contributed by atoms with Gasteiger partial charge in [-0.1, -0.05) is 35.9 Å². The Labute approximate surface area is 156 Å². The van der Waals surface area contributed by atoms with Gasteiger partial charge in [-0.2, -0.15) is 0 Å². The summed E-state index contributed by atoms with van der Waals surface area (Å²) in [7, 11) is 0. The third kappa shape index (κ3) is 3.63. The molecule has 5 nitrogen and oxygen atoms in total. The van der Waals surface area contributed by atoms with Crippen molar-refractivity contribution >= 4 is 29.4 Å². The fourth-order valence-electron chi connectivity index (χ4n) is 3.07. The van der Waals surface area contributed by atoms with Crippen LogP contribution in [0.3, 0.4) is 0 Å². The zero-order chi connectivity index (χ0) is 18.7. The fourth-order valence-corrected chi connectivity index (χ4v) is 3.20. The molecule has 0 saturated heterocycles. The predicted molar refractivity (Wildman–Crippen MR) is 97.3 cm³/mol. The molecule has 26 heavy (non-hydrogen) atoms. The second kappa shape index (κ2) is 7.70. The molecule has 2 aromatic rings. The van der Waals surface area contributed by atoms with Gasteiger partial charge in [0, 0.05) is 17.5 Å². The summed E-state index contributed by atoms with van der Waals surface area (Å²) < 4.78 is 5.04. The molecule has 0 fully saturated rings. The Morgan fingerprint density at radius 3 is 2.15 bits per heavy atom. The summed E-state index contributed by atoms with van der Waals surface area (Å²) in [5.41, 5.74) is 1.60. The number of nitrogens with zero attached hydrogens (tertiary/aromatic N) is 1. The van der Waals surface area contributed by atoms with Crippen molar-refractivity contribution in [3.05, 3.63) is 70.2 Å². The van der Waals surface area contributed by atoms with Crippen LogP contribution < -0.4 is 0 Å². The van der Waals surface area contributed by atoms with Gasteiger partial charge in [0.2, 0.25) is 0 Å². The van der Waals surface area contributed by atoms with Crippen LogP contribution in [0.25, 0.3) is 0 Å². The lowest BCUT2D eigenvalue weighted by Crippen LogP contribution is -2.34. The number of carbonyl (C=O) groups is 3. The molecule has 0 aliphatic carbocycles. The minimum Gasteiger partial charge on any atom is -0.466 e. The number of ether oxygens (including phenoxy) is 1. The van der Waals surface area contributed by atoms with Crippen LogP contribution in [0, 0.1) is 0 Å². The lowest BCUT2D eigenvalue weighted by atomic mass is 9.95. The van der Waals surface area contributed by atoms with Crippen LogP contribution in [0.15, 0.2) is 48.5 Å². The molecule has 1 atom stereocenters. The number of esters is 1. The Morgan fingerprint density at radius 2 is 1.62 bits per heavy atom. The van der Waals surface area contributed by atoms with Gasteiger partial charge in [0.15, 0.2) is 0 Å². The second-order valence-electron chi connectivity index (χ2n) is 6.02. The molecule has 0 unspecified atom stereocenters. The van der Waals surface area contributed by atoms with Crippen molar-refractivity contribution in [3.63, 3.8) is 0 Å². The van der Waals surface area contributed by atoms with E-state index in [2.05, 4.69) is 0 Å². The molecule has 0 aromatic heterocycles. The number of hydrogen-bond donors (Lipinski definition) is 0. The minimum absolute atomic E-state index is 0.0723. The van der Waals surface area contributed by atoms with E-state index in [1.54, 1.807) is 55.5 Å². The Balaban J connectivity index is 1.86. The summed E-state index contributed by atoms with van der Waals surface area (Å²) >= 11 is 5.94. The van der Waals surface area contributed by atoms with E-state index in [0.717, 1.165) is 5.56 Å². The van der Waals surface area contributed by atoms with Gasteiger partial charge in [0.25, 0.3) is 11.8 Å². The zero-order valence-electron chi connectivity index (χ0n) is 14.3. The van der Waals surface area contributed by atoms with Crippen LogP contribution >= 0.6 is 11.6 Å². The predicted octanol–water partition coefficient (Wildman–Crippen LogP) is 3.67. The molecule has 0 radical (unpaired) electrons. The van der Waals surface area contributed by atoms with Gasteiger partial charge < -0.3 is 4.74 Å². The topological polar surface area (TPSA) is 63.7 Å². The van der Waals surface area contributed by atoms with E-state index in [9.17, 15) is 14.4 Å². The van der Waals surface area contributed by atoms with Crippen LogP contribution in [0.4, 0.5) is 0 Å². The van der Waals surface area contributed by atoms with E-state index >= 15 is 0 Å². The van der Waals surface area contributed by atoms with Gasteiger partial charge >= 0.3 is 5.97 Å². The molecule has 2 aromatic carbocycles. The smallest absolute Gasteiger partial charge is 0.306 e. The van der Waals surface area contributed by atoms with Gasteiger partial charge in [-0.3, -0.25) is 19.3 Å². The molecule has 3 rings (SSSR count). The molecule has 134 valence electrons. The first-order chi connectivity index (χ1) is 12.5. The highest BCUT2D eigenvalue weighted by atomic mass is 35.5. The summed E-state index contributed by atoms with van der Waals surface area (Å²) in [5, 5.41) is 0.573. The van der Waals surface area contributed by atoms with E-state index < -0.39 is 0 Å². The van der Waals surface area contributed by atoms with Crippen molar-refractivity contribution in [3.8, 4) is 0 Å². The van der Waals surface area contributed by atoms with Crippen LogP contribution in [0.2, 0.25) is 5.02 Å². The molecular weight excluding hydrogens is 354 g/mol. The van der Waals surface area contributed by atoms with Crippen molar-refractivity contribution in [1.29, 1.82) is 0 Å². The molecule has 0 bridgehead atoms. The first-order valence-electron chi connectivity index (χ1n) is 8.37. The third-order valence-corrected chi connectivity index (χ3v) is 4.59. The fraction of sp³-hybridized carbons (Fsp3) is 0.250. The SMILES string of the molecule is CCOC(=O)C[C@@H](CN1C(=O)c2ccccc2C1=O)c1ccc(Cl)cc1.